The van der Waals surface area contributed by atoms with Crippen molar-refractivity contribution in [1.82, 2.24) is 10.2 Å². The molecule has 0 bridgehead atoms. The highest BCUT2D eigenvalue weighted by molar-refractivity contribution is 7.13. The first kappa shape index (κ1) is 9.41. The van der Waals surface area contributed by atoms with E-state index in [0.29, 0.717) is 6.04 Å². The van der Waals surface area contributed by atoms with Gasteiger partial charge in [-0.2, -0.15) is 0 Å². The lowest BCUT2D eigenvalue weighted by atomic mass is 10.2. The Kier molecular flexibility index (Phi) is 3.96. The fraction of sp³-hybridized carbons (Fsp3) is 0.714. The van der Waals surface area contributed by atoms with Crippen LogP contribution in [0.3, 0.4) is 0 Å². The number of hydrogen-bond donors (Lipinski definition) is 2. The summed E-state index contributed by atoms with van der Waals surface area (Å²) in [5.74, 6) is 0. The Morgan fingerprint density at radius 3 is 3.08 bits per heavy atom. The largest absolute Gasteiger partial charge is 0.396 e. The topological polar surface area (TPSA) is 58.0 Å². The van der Waals surface area contributed by atoms with Crippen LogP contribution in [0.1, 0.15) is 19.8 Å². The molecule has 0 amide bonds. The van der Waals surface area contributed by atoms with Crippen LogP contribution in [0.2, 0.25) is 0 Å². The van der Waals surface area contributed by atoms with Gasteiger partial charge in [-0.1, -0.05) is 18.3 Å². The molecule has 12 heavy (non-hydrogen) atoms. The Balaban J connectivity index is 2.37. The molecule has 0 saturated carbocycles. The van der Waals surface area contributed by atoms with Gasteiger partial charge in [-0.15, -0.1) is 10.2 Å². The maximum Gasteiger partial charge on any atom is 0.205 e. The number of aliphatic hydroxyl groups is 1. The molecule has 1 aromatic heterocycles. The standard InChI is InChI=1S/C7H13N3OS/c1-2-6(3-4-11)9-7-10-8-5-12-7/h5-6,11H,2-4H2,1H3,(H,9,10). The minimum absolute atomic E-state index is 0.213. The minimum atomic E-state index is 0.213. The summed E-state index contributed by atoms with van der Waals surface area (Å²) in [4.78, 5) is 0. The Labute approximate surface area is 75.6 Å². The van der Waals surface area contributed by atoms with Crippen molar-refractivity contribution in [3.63, 3.8) is 0 Å². The summed E-state index contributed by atoms with van der Waals surface area (Å²) in [5.41, 5.74) is 1.69. The van der Waals surface area contributed by atoms with Gasteiger partial charge < -0.3 is 10.4 Å². The van der Waals surface area contributed by atoms with E-state index in [0.717, 1.165) is 18.0 Å². The van der Waals surface area contributed by atoms with Crippen molar-refractivity contribution in [2.24, 2.45) is 0 Å². The molecule has 0 aliphatic heterocycles. The molecule has 0 spiro atoms. The van der Waals surface area contributed by atoms with Crippen LogP contribution in [0.5, 0.6) is 0 Å². The number of hydrogen-bond acceptors (Lipinski definition) is 5. The van der Waals surface area contributed by atoms with Crippen molar-refractivity contribution in [3.8, 4) is 0 Å². The molecule has 0 saturated heterocycles. The van der Waals surface area contributed by atoms with Crippen LogP contribution in [0, 0.1) is 0 Å². The predicted molar refractivity (Wildman–Crippen MR) is 49.3 cm³/mol. The molecular formula is C7H13N3OS. The summed E-state index contributed by atoms with van der Waals surface area (Å²) < 4.78 is 0. The fourth-order valence-electron chi connectivity index (χ4n) is 0.945. The van der Waals surface area contributed by atoms with Gasteiger partial charge in [0.2, 0.25) is 5.13 Å². The molecule has 4 nitrogen and oxygen atoms in total. The third kappa shape index (κ3) is 2.75. The van der Waals surface area contributed by atoms with E-state index in [9.17, 15) is 0 Å². The molecule has 1 heterocycles. The molecular weight excluding hydrogens is 174 g/mol. The van der Waals surface area contributed by atoms with Gasteiger partial charge in [0.15, 0.2) is 0 Å². The van der Waals surface area contributed by atoms with E-state index in [4.69, 9.17) is 5.11 Å². The molecule has 1 rings (SSSR count). The van der Waals surface area contributed by atoms with Gasteiger partial charge in [0, 0.05) is 12.6 Å². The lowest BCUT2D eigenvalue weighted by Gasteiger charge is -2.13. The van der Waals surface area contributed by atoms with Gasteiger partial charge in [-0.05, 0) is 12.8 Å². The normalized spacial score (nSPS) is 12.8. The molecule has 68 valence electrons. The van der Waals surface area contributed by atoms with Gasteiger partial charge in [-0.25, -0.2) is 0 Å². The van der Waals surface area contributed by atoms with Crippen LogP contribution in [0.4, 0.5) is 5.13 Å². The Hall–Kier alpha value is -0.680. The van der Waals surface area contributed by atoms with E-state index < -0.39 is 0 Å². The zero-order valence-electron chi connectivity index (χ0n) is 7.03. The summed E-state index contributed by atoms with van der Waals surface area (Å²) >= 11 is 1.48. The summed E-state index contributed by atoms with van der Waals surface area (Å²) in [6.45, 7) is 2.29. The maximum absolute atomic E-state index is 8.72. The van der Waals surface area contributed by atoms with Crippen LogP contribution in [-0.2, 0) is 0 Å². The highest BCUT2D eigenvalue weighted by atomic mass is 32.1. The molecule has 0 radical (unpaired) electrons. The number of nitrogens with one attached hydrogen (secondary N) is 1. The van der Waals surface area contributed by atoms with Gasteiger partial charge in [0.05, 0.1) is 0 Å². The lowest BCUT2D eigenvalue weighted by molar-refractivity contribution is 0.278. The first-order chi connectivity index (χ1) is 5.86. The number of aliphatic hydroxyl groups excluding tert-OH is 1. The third-order valence-electron chi connectivity index (χ3n) is 1.66. The monoisotopic (exact) mass is 187 g/mol. The second-order valence-corrected chi connectivity index (χ2v) is 3.34. The van der Waals surface area contributed by atoms with Crippen molar-refractivity contribution < 1.29 is 5.11 Å². The quantitative estimate of drug-likeness (QED) is 0.725. The molecule has 1 unspecified atom stereocenters. The van der Waals surface area contributed by atoms with E-state index in [1.54, 1.807) is 5.51 Å². The van der Waals surface area contributed by atoms with Crippen molar-refractivity contribution in [2.75, 3.05) is 11.9 Å². The zero-order chi connectivity index (χ0) is 8.81. The van der Waals surface area contributed by atoms with Gasteiger partial charge in [-0.3, -0.25) is 0 Å². The maximum atomic E-state index is 8.72. The van der Waals surface area contributed by atoms with Gasteiger partial charge in [0.25, 0.3) is 0 Å². The van der Waals surface area contributed by atoms with Crippen LogP contribution in [-0.4, -0.2) is 28.0 Å². The minimum Gasteiger partial charge on any atom is -0.396 e. The molecule has 0 aliphatic carbocycles. The zero-order valence-corrected chi connectivity index (χ0v) is 7.84. The second kappa shape index (κ2) is 5.05. The van der Waals surface area contributed by atoms with Gasteiger partial charge in [0.1, 0.15) is 5.51 Å². The van der Waals surface area contributed by atoms with E-state index >= 15 is 0 Å². The molecule has 0 aliphatic rings. The van der Waals surface area contributed by atoms with E-state index in [1.165, 1.54) is 11.3 Å². The summed E-state index contributed by atoms with van der Waals surface area (Å²) in [7, 11) is 0. The smallest absolute Gasteiger partial charge is 0.205 e. The van der Waals surface area contributed by atoms with Crippen molar-refractivity contribution in [3.05, 3.63) is 5.51 Å². The molecule has 0 aromatic carbocycles. The lowest BCUT2D eigenvalue weighted by Crippen LogP contribution is -2.19. The summed E-state index contributed by atoms with van der Waals surface area (Å²) in [5, 5.41) is 20.3. The molecule has 0 fully saturated rings. The predicted octanol–water partition coefficient (Wildman–Crippen LogP) is 1.11. The number of aromatic nitrogens is 2. The van der Waals surface area contributed by atoms with Gasteiger partial charge >= 0.3 is 0 Å². The number of rotatable bonds is 5. The average Bonchev–Trinajstić information content (AvgIpc) is 2.56. The highest BCUT2D eigenvalue weighted by Gasteiger charge is 2.06. The SMILES string of the molecule is CCC(CCO)Nc1nncs1. The van der Waals surface area contributed by atoms with E-state index in [2.05, 4.69) is 22.4 Å². The van der Waals surface area contributed by atoms with E-state index in [1.807, 2.05) is 0 Å². The molecule has 1 aromatic rings. The Morgan fingerprint density at radius 2 is 2.58 bits per heavy atom. The first-order valence-electron chi connectivity index (χ1n) is 4.00. The molecule has 1 atom stereocenters. The third-order valence-corrected chi connectivity index (χ3v) is 2.28. The Morgan fingerprint density at radius 1 is 1.75 bits per heavy atom. The fourth-order valence-corrected chi connectivity index (χ4v) is 1.47. The number of nitrogens with zero attached hydrogens (tertiary/aromatic N) is 2. The van der Waals surface area contributed by atoms with Crippen molar-refractivity contribution in [2.45, 2.75) is 25.8 Å². The van der Waals surface area contributed by atoms with Crippen LogP contribution < -0.4 is 5.32 Å². The van der Waals surface area contributed by atoms with Crippen LogP contribution in [0.15, 0.2) is 5.51 Å². The first-order valence-corrected chi connectivity index (χ1v) is 4.88. The molecule has 5 heteroatoms. The van der Waals surface area contributed by atoms with Crippen molar-refractivity contribution in [1.29, 1.82) is 0 Å². The second-order valence-electron chi connectivity index (χ2n) is 2.51. The average molecular weight is 187 g/mol. The Bertz CT molecular complexity index is 202. The van der Waals surface area contributed by atoms with Crippen LogP contribution >= 0.6 is 11.3 Å². The van der Waals surface area contributed by atoms with Crippen LogP contribution in [0.25, 0.3) is 0 Å². The molecule has 2 N–H and O–H groups in total. The van der Waals surface area contributed by atoms with E-state index in [-0.39, 0.29) is 6.61 Å². The van der Waals surface area contributed by atoms with Crippen molar-refractivity contribution >= 4 is 16.5 Å². The summed E-state index contributed by atoms with van der Waals surface area (Å²) in [6, 6.07) is 0.308. The number of anilines is 1. The summed E-state index contributed by atoms with van der Waals surface area (Å²) in [6.07, 6.45) is 1.75. The highest BCUT2D eigenvalue weighted by Crippen LogP contribution is 2.12.